The van der Waals surface area contributed by atoms with Gasteiger partial charge in [-0.3, -0.25) is 4.72 Å². The number of thioether (sulfide) groups is 1. The molecule has 78 valence electrons. The molecule has 0 bridgehead atoms. The van der Waals surface area contributed by atoms with Crippen molar-refractivity contribution < 1.29 is 8.42 Å². The molecule has 14 heavy (non-hydrogen) atoms. The molecule has 1 aromatic carbocycles. The lowest BCUT2D eigenvalue weighted by Crippen LogP contribution is -2.10. The Morgan fingerprint density at radius 2 is 2.07 bits per heavy atom. The second-order valence-corrected chi connectivity index (χ2v) is 6.51. The molecule has 0 spiro atoms. The third-order valence-corrected chi connectivity index (χ3v) is 3.73. The van der Waals surface area contributed by atoms with Gasteiger partial charge in [-0.05, 0) is 47.0 Å². The molecule has 0 aliphatic rings. The smallest absolute Gasteiger partial charge is 0.229 e. The van der Waals surface area contributed by atoms with Gasteiger partial charge in [-0.2, -0.15) is 0 Å². The van der Waals surface area contributed by atoms with E-state index in [-0.39, 0.29) is 0 Å². The molecule has 6 heteroatoms. The fraction of sp³-hybridized carbons (Fsp3) is 0.250. The number of hydrogen-bond acceptors (Lipinski definition) is 3. The van der Waals surface area contributed by atoms with Crippen LogP contribution in [0.15, 0.2) is 23.1 Å². The molecule has 0 aliphatic heterocycles. The second-order valence-electron chi connectivity index (χ2n) is 2.72. The maximum atomic E-state index is 11.0. The quantitative estimate of drug-likeness (QED) is 0.677. The van der Waals surface area contributed by atoms with Crippen molar-refractivity contribution >= 4 is 50.1 Å². The van der Waals surface area contributed by atoms with Crippen LogP contribution in [0, 0.1) is 3.57 Å². The van der Waals surface area contributed by atoms with E-state index in [1.54, 1.807) is 11.8 Å². The highest BCUT2D eigenvalue weighted by atomic mass is 127. The van der Waals surface area contributed by atoms with Crippen molar-refractivity contribution in [3.63, 3.8) is 0 Å². The van der Waals surface area contributed by atoms with Crippen molar-refractivity contribution in [3.05, 3.63) is 21.8 Å². The van der Waals surface area contributed by atoms with Gasteiger partial charge in [0.1, 0.15) is 0 Å². The van der Waals surface area contributed by atoms with Crippen LogP contribution in [-0.4, -0.2) is 20.9 Å². The summed E-state index contributed by atoms with van der Waals surface area (Å²) in [7, 11) is -3.19. The van der Waals surface area contributed by atoms with E-state index in [4.69, 9.17) is 0 Å². The number of hydrogen-bond donors (Lipinski definition) is 1. The molecule has 0 heterocycles. The first kappa shape index (κ1) is 12.1. The number of rotatable bonds is 3. The fourth-order valence-corrected chi connectivity index (χ4v) is 2.57. The van der Waals surface area contributed by atoms with Crippen LogP contribution in [0.4, 0.5) is 5.69 Å². The predicted octanol–water partition coefficient (Wildman–Crippen LogP) is 2.38. The van der Waals surface area contributed by atoms with Gasteiger partial charge in [0.15, 0.2) is 0 Å². The summed E-state index contributed by atoms with van der Waals surface area (Å²) in [6.45, 7) is 0. The molecule has 3 nitrogen and oxygen atoms in total. The zero-order valence-corrected chi connectivity index (χ0v) is 11.5. The normalized spacial score (nSPS) is 11.4. The van der Waals surface area contributed by atoms with E-state index in [9.17, 15) is 8.42 Å². The Hall–Kier alpha value is 0.0500. The van der Waals surface area contributed by atoms with Gasteiger partial charge >= 0.3 is 0 Å². The molecule has 0 atom stereocenters. The summed E-state index contributed by atoms with van der Waals surface area (Å²) in [6.07, 6.45) is 3.10. The Morgan fingerprint density at radius 1 is 1.43 bits per heavy atom. The summed E-state index contributed by atoms with van der Waals surface area (Å²) in [4.78, 5) is 1.04. The van der Waals surface area contributed by atoms with E-state index in [1.807, 2.05) is 24.5 Å². The zero-order chi connectivity index (χ0) is 10.8. The molecule has 1 N–H and O–H groups in total. The summed E-state index contributed by atoms with van der Waals surface area (Å²) >= 11 is 3.68. The molecule has 0 aromatic heterocycles. The summed E-state index contributed by atoms with van der Waals surface area (Å²) in [5, 5.41) is 0. The standard InChI is InChI=1S/C8H10INO2S2/c1-13-6-3-4-7(9)8(5-6)10-14(2,11)12/h3-5,10H,1-2H3. The molecular weight excluding hydrogens is 333 g/mol. The van der Waals surface area contributed by atoms with Gasteiger partial charge in [-0.1, -0.05) is 0 Å². The van der Waals surface area contributed by atoms with Crippen LogP contribution in [0.5, 0.6) is 0 Å². The molecule has 0 fully saturated rings. The van der Waals surface area contributed by atoms with Gasteiger partial charge < -0.3 is 0 Å². The first-order valence-corrected chi connectivity index (χ1v) is 7.93. The van der Waals surface area contributed by atoms with Gasteiger partial charge in [-0.25, -0.2) is 8.42 Å². The van der Waals surface area contributed by atoms with E-state index in [0.29, 0.717) is 5.69 Å². The first-order chi connectivity index (χ1) is 6.42. The van der Waals surface area contributed by atoms with Gasteiger partial charge in [0.25, 0.3) is 0 Å². The van der Waals surface area contributed by atoms with Gasteiger partial charge in [0.2, 0.25) is 10.0 Å². The van der Waals surface area contributed by atoms with Crippen LogP contribution >= 0.6 is 34.4 Å². The molecule has 0 radical (unpaired) electrons. The largest absolute Gasteiger partial charge is 0.283 e. The van der Waals surface area contributed by atoms with Crippen molar-refractivity contribution in [2.24, 2.45) is 0 Å². The Balaban J connectivity index is 3.07. The average molecular weight is 343 g/mol. The molecule has 1 aromatic rings. The number of anilines is 1. The molecule has 0 saturated heterocycles. The molecule has 0 amide bonds. The zero-order valence-electron chi connectivity index (χ0n) is 7.74. The first-order valence-electron chi connectivity index (χ1n) is 3.74. The summed E-state index contributed by atoms with van der Waals surface area (Å²) in [6, 6.07) is 5.67. The monoisotopic (exact) mass is 343 g/mol. The Kier molecular flexibility index (Phi) is 4.08. The fourth-order valence-electron chi connectivity index (χ4n) is 0.909. The Labute approximate surface area is 102 Å². The van der Waals surface area contributed by atoms with E-state index in [1.165, 1.54) is 0 Å². The highest BCUT2D eigenvalue weighted by molar-refractivity contribution is 14.1. The Morgan fingerprint density at radius 3 is 2.57 bits per heavy atom. The number of halogens is 1. The van der Waals surface area contributed by atoms with Crippen molar-refractivity contribution in [3.8, 4) is 0 Å². The molecule has 1 rings (SSSR count). The summed E-state index contributed by atoms with van der Waals surface area (Å²) in [5.41, 5.74) is 0.639. The number of sulfonamides is 1. The lowest BCUT2D eigenvalue weighted by molar-refractivity contribution is 0.607. The van der Waals surface area contributed by atoms with E-state index in [2.05, 4.69) is 27.3 Å². The minimum atomic E-state index is -3.19. The molecule has 0 aliphatic carbocycles. The van der Waals surface area contributed by atoms with Crippen LogP contribution in [0.2, 0.25) is 0 Å². The van der Waals surface area contributed by atoms with Crippen LogP contribution in [0.25, 0.3) is 0 Å². The highest BCUT2D eigenvalue weighted by Crippen LogP contribution is 2.25. The topological polar surface area (TPSA) is 46.2 Å². The maximum absolute atomic E-state index is 11.0. The SMILES string of the molecule is CSc1ccc(I)c(NS(C)(=O)=O)c1. The van der Waals surface area contributed by atoms with Crippen LogP contribution in [-0.2, 0) is 10.0 Å². The van der Waals surface area contributed by atoms with Crippen LogP contribution < -0.4 is 4.72 Å². The second kappa shape index (κ2) is 4.71. The minimum Gasteiger partial charge on any atom is -0.283 e. The van der Waals surface area contributed by atoms with Crippen LogP contribution in [0.1, 0.15) is 0 Å². The molecule has 0 unspecified atom stereocenters. The van der Waals surface area contributed by atoms with Crippen molar-refractivity contribution in [2.75, 3.05) is 17.2 Å². The van der Waals surface area contributed by atoms with Gasteiger partial charge in [-0.15, -0.1) is 11.8 Å². The Bertz CT molecular complexity index is 431. The van der Waals surface area contributed by atoms with Crippen molar-refractivity contribution in [1.29, 1.82) is 0 Å². The third kappa shape index (κ3) is 3.66. The molecular formula is C8H10INO2S2. The van der Waals surface area contributed by atoms with Crippen molar-refractivity contribution in [2.45, 2.75) is 4.90 Å². The summed E-state index contributed by atoms with van der Waals surface area (Å²) in [5.74, 6) is 0. The number of benzene rings is 1. The lowest BCUT2D eigenvalue weighted by Gasteiger charge is -2.07. The minimum absolute atomic E-state index is 0.639. The average Bonchev–Trinajstić information content (AvgIpc) is 2.06. The van der Waals surface area contributed by atoms with E-state index < -0.39 is 10.0 Å². The highest BCUT2D eigenvalue weighted by Gasteiger charge is 2.06. The van der Waals surface area contributed by atoms with E-state index >= 15 is 0 Å². The molecule has 0 saturated carbocycles. The van der Waals surface area contributed by atoms with Crippen molar-refractivity contribution in [1.82, 2.24) is 0 Å². The van der Waals surface area contributed by atoms with Crippen LogP contribution in [0.3, 0.4) is 0 Å². The predicted molar refractivity (Wildman–Crippen MR) is 69.4 cm³/mol. The lowest BCUT2D eigenvalue weighted by atomic mass is 10.3. The number of nitrogens with one attached hydrogen (secondary N) is 1. The van der Waals surface area contributed by atoms with Gasteiger partial charge in [0, 0.05) is 8.47 Å². The van der Waals surface area contributed by atoms with E-state index in [0.717, 1.165) is 14.7 Å². The maximum Gasteiger partial charge on any atom is 0.229 e. The van der Waals surface area contributed by atoms with Gasteiger partial charge in [0.05, 0.1) is 11.9 Å². The third-order valence-electron chi connectivity index (χ3n) is 1.47. The summed E-state index contributed by atoms with van der Waals surface area (Å²) < 4.78 is 25.4.